The van der Waals surface area contributed by atoms with Gasteiger partial charge in [-0.05, 0) is 61.1 Å². The Kier molecular flexibility index (Phi) is 5.33. The van der Waals surface area contributed by atoms with Crippen molar-refractivity contribution < 1.29 is 19.1 Å². The zero-order valence-corrected chi connectivity index (χ0v) is 17.3. The lowest BCUT2D eigenvalue weighted by Gasteiger charge is -2.22. The van der Waals surface area contributed by atoms with Gasteiger partial charge in [0.25, 0.3) is 0 Å². The predicted molar refractivity (Wildman–Crippen MR) is 113 cm³/mol. The zero-order valence-electron chi connectivity index (χ0n) is 17.3. The summed E-state index contributed by atoms with van der Waals surface area (Å²) >= 11 is 0. The van der Waals surface area contributed by atoms with Crippen LogP contribution in [0.1, 0.15) is 28.8 Å². The fourth-order valence-electron chi connectivity index (χ4n) is 4.40. The molecular weight excluding hydrogens is 412 g/mol. The lowest BCUT2D eigenvalue weighted by molar-refractivity contribution is 0.147. The van der Waals surface area contributed by atoms with Gasteiger partial charge >= 0.3 is 12.2 Å². The predicted octanol–water partition coefficient (Wildman–Crippen LogP) is 2.13. The minimum atomic E-state index is -0.559. The first-order chi connectivity index (χ1) is 15.6. The van der Waals surface area contributed by atoms with Crippen LogP contribution >= 0.6 is 0 Å². The molecule has 32 heavy (non-hydrogen) atoms. The summed E-state index contributed by atoms with van der Waals surface area (Å²) in [6.07, 6.45) is 3.11. The van der Waals surface area contributed by atoms with Crippen molar-refractivity contribution in [1.29, 1.82) is 5.26 Å². The summed E-state index contributed by atoms with van der Waals surface area (Å²) < 4.78 is 10.4. The van der Waals surface area contributed by atoms with E-state index in [2.05, 4.69) is 26.7 Å². The molecule has 0 radical (unpaired) electrons. The van der Waals surface area contributed by atoms with E-state index in [1.54, 1.807) is 18.3 Å². The molecular formula is C22H22N6O4. The lowest BCUT2D eigenvalue weighted by atomic mass is 10.1. The van der Waals surface area contributed by atoms with Crippen molar-refractivity contribution in [2.75, 3.05) is 29.9 Å². The zero-order chi connectivity index (χ0) is 22.1. The molecule has 0 spiro atoms. The fourth-order valence-corrected chi connectivity index (χ4v) is 4.40. The summed E-state index contributed by atoms with van der Waals surface area (Å²) in [5.41, 5.74) is 3.52. The Labute approximate surface area is 184 Å². The fraction of sp³-hybridized carbons (Fsp3) is 0.409. The van der Waals surface area contributed by atoms with Gasteiger partial charge in [0.2, 0.25) is 0 Å². The van der Waals surface area contributed by atoms with E-state index in [-0.39, 0.29) is 19.3 Å². The van der Waals surface area contributed by atoms with Gasteiger partial charge in [-0.2, -0.15) is 5.26 Å². The van der Waals surface area contributed by atoms with Gasteiger partial charge in [-0.15, -0.1) is 0 Å². The third-order valence-corrected chi connectivity index (χ3v) is 6.10. The van der Waals surface area contributed by atoms with Crippen LogP contribution in [-0.4, -0.2) is 47.9 Å². The van der Waals surface area contributed by atoms with Crippen molar-refractivity contribution in [2.45, 2.75) is 31.9 Å². The SMILES string of the molecule is N#Cc1nccc2c1CC(CN[C@H]1CCN(c3ccc4c(n3)NC(=O)OC4)C(=O)OC1)C2. The first kappa shape index (κ1) is 20.2. The van der Waals surface area contributed by atoms with Crippen LogP contribution < -0.4 is 15.5 Å². The van der Waals surface area contributed by atoms with Crippen LogP contribution in [0.3, 0.4) is 0 Å². The Bertz CT molecular complexity index is 1110. The van der Waals surface area contributed by atoms with Crippen molar-refractivity contribution in [1.82, 2.24) is 15.3 Å². The molecule has 10 nitrogen and oxygen atoms in total. The van der Waals surface area contributed by atoms with Crippen LogP contribution in [-0.2, 0) is 28.9 Å². The molecule has 2 amide bonds. The maximum atomic E-state index is 12.6. The van der Waals surface area contributed by atoms with Gasteiger partial charge in [-0.3, -0.25) is 10.2 Å². The van der Waals surface area contributed by atoms with Gasteiger partial charge in [0.15, 0.2) is 0 Å². The average Bonchev–Trinajstić information content (AvgIpc) is 3.14. The van der Waals surface area contributed by atoms with E-state index in [1.807, 2.05) is 6.07 Å². The Morgan fingerprint density at radius 1 is 1.22 bits per heavy atom. The highest BCUT2D eigenvalue weighted by Crippen LogP contribution is 2.28. The molecule has 1 fully saturated rings. The van der Waals surface area contributed by atoms with Crippen LogP contribution in [0.2, 0.25) is 0 Å². The van der Waals surface area contributed by atoms with E-state index in [1.165, 1.54) is 10.5 Å². The summed E-state index contributed by atoms with van der Waals surface area (Å²) in [6.45, 7) is 1.64. The normalized spacial score (nSPS) is 22.0. The molecule has 2 aromatic rings. The van der Waals surface area contributed by atoms with Crippen molar-refractivity contribution in [3.63, 3.8) is 0 Å². The number of ether oxygens (including phenoxy) is 2. The highest BCUT2D eigenvalue weighted by Gasteiger charge is 2.29. The van der Waals surface area contributed by atoms with Gasteiger partial charge in [0.1, 0.15) is 36.6 Å². The second-order valence-corrected chi connectivity index (χ2v) is 8.18. The number of fused-ring (bicyclic) bond motifs is 2. The molecule has 1 saturated heterocycles. The van der Waals surface area contributed by atoms with Gasteiger partial charge < -0.3 is 14.8 Å². The number of pyridine rings is 2. The summed E-state index contributed by atoms with van der Waals surface area (Å²) in [7, 11) is 0. The number of amides is 2. The second-order valence-electron chi connectivity index (χ2n) is 8.18. The molecule has 1 unspecified atom stereocenters. The molecule has 4 heterocycles. The van der Waals surface area contributed by atoms with Crippen molar-refractivity contribution >= 4 is 23.8 Å². The van der Waals surface area contributed by atoms with Gasteiger partial charge in [0, 0.05) is 24.3 Å². The van der Waals surface area contributed by atoms with E-state index in [9.17, 15) is 14.9 Å². The molecule has 3 aliphatic rings. The van der Waals surface area contributed by atoms with E-state index < -0.39 is 12.2 Å². The molecule has 0 aromatic carbocycles. The maximum Gasteiger partial charge on any atom is 0.415 e. The van der Waals surface area contributed by atoms with Gasteiger partial charge in [-0.25, -0.2) is 19.6 Å². The largest absolute Gasteiger partial charge is 0.447 e. The molecule has 5 rings (SSSR count). The number of cyclic esters (lactones) is 2. The molecule has 10 heteroatoms. The monoisotopic (exact) mass is 434 g/mol. The number of carbonyl (C=O) groups excluding carboxylic acids is 2. The number of nitrogens with one attached hydrogen (secondary N) is 2. The van der Waals surface area contributed by atoms with Crippen LogP contribution in [0.15, 0.2) is 24.4 Å². The van der Waals surface area contributed by atoms with E-state index in [0.717, 1.165) is 30.5 Å². The van der Waals surface area contributed by atoms with Crippen LogP contribution in [0, 0.1) is 17.2 Å². The minimum absolute atomic E-state index is 0.0203. The molecule has 2 aromatic heterocycles. The number of nitrogens with zero attached hydrogens (tertiary/aromatic N) is 4. The number of rotatable bonds is 4. The molecule has 0 bridgehead atoms. The Balaban J connectivity index is 1.19. The molecule has 2 atom stereocenters. The third kappa shape index (κ3) is 3.94. The molecule has 2 aliphatic heterocycles. The van der Waals surface area contributed by atoms with Crippen molar-refractivity contribution in [3.8, 4) is 6.07 Å². The maximum absolute atomic E-state index is 12.6. The van der Waals surface area contributed by atoms with Crippen LogP contribution in [0.25, 0.3) is 0 Å². The van der Waals surface area contributed by atoms with Gasteiger partial charge in [0.05, 0.1) is 0 Å². The Hall–Kier alpha value is -3.71. The van der Waals surface area contributed by atoms with Crippen molar-refractivity contribution in [2.24, 2.45) is 5.92 Å². The highest BCUT2D eigenvalue weighted by molar-refractivity contribution is 5.89. The second kappa shape index (κ2) is 8.43. The molecule has 1 aliphatic carbocycles. The number of anilines is 2. The molecule has 2 N–H and O–H groups in total. The van der Waals surface area contributed by atoms with Crippen LogP contribution in [0.5, 0.6) is 0 Å². The number of nitriles is 1. The first-order valence-electron chi connectivity index (χ1n) is 10.6. The quantitative estimate of drug-likeness (QED) is 0.749. The minimum Gasteiger partial charge on any atom is -0.447 e. The number of carbonyl (C=O) groups is 2. The van der Waals surface area contributed by atoms with Crippen LogP contribution in [0.4, 0.5) is 21.2 Å². The summed E-state index contributed by atoms with van der Waals surface area (Å²) in [4.78, 5) is 34.1. The van der Waals surface area contributed by atoms with E-state index in [0.29, 0.717) is 36.2 Å². The summed E-state index contributed by atoms with van der Waals surface area (Å²) in [5, 5.41) is 15.3. The number of aromatic nitrogens is 2. The van der Waals surface area contributed by atoms with Gasteiger partial charge in [-0.1, -0.05) is 0 Å². The van der Waals surface area contributed by atoms with Crippen molar-refractivity contribution in [3.05, 3.63) is 46.8 Å². The average molecular weight is 434 g/mol. The molecule has 164 valence electrons. The first-order valence-corrected chi connectivity index (χ1v) is 10.6. The lowest BCUT2D eigenvalue weighted by Crippen LogP contribution is -2.37. The smallest absolute Gasteiger partial charge is 0.415 e. The Morgan fingerprint density at radius 3 is 3.00 bits per heavy atom. The standard InChI is InChI=1S/C22H22N6O4/c23-9-18-17-8-13(7-14(17)3-5-24-18)10-25-16-4-6-28(22(30)32-12-16)19-2-1-15-11-31-21(29)27-20(15)26-19/h1-3,5,13,16,25H,4,6-8,10-12H2,(H,26,27,29)/t13?,16-/m0/s1. The summed E-state index contributed by atoms with van der Waals surface area (Å²) in [5.74, 6) is 1.21. The number of hydrogen-bond donors (Lipinski definition) is 2. The third-order valence-electron chi connectivity index (χ3n) is 6.10. The highest BCUT2D eigenvalue weighted by atomic mass is 16.6. The van der Waals surface area contributed by atoms with E-state index in [4.69, 9.17) is 9.47 Å². The Morgan fingerprint density at radius 2 is 2.12 bits per heavy atom. The number of hydrogen-bond acceptors (Lipinski definition) is 8. The summed E-state index contributed by atoms with van der Waals surface area (Å²) in [6, 6.07) is 7.70. The topological polar surface area (TPSA) is 129 Å². The van der Waals surface area contributed by atoms with E-state index >= 15 is 0 Å². The molecule has 0 saturated carbocycles.